The first kappa shape index (κ1) is 15.0. The summed E-state index contributed by atoms with van der Waals surface area (Å²) in [7, 11) is 1.61. The number of hydrogen-bond acceptors (Lipinski definition) is 7. The highest BCUT2D eigenvalue weighted by molar-refractivity contribution is 7.99. The molecule has 20 heavy (non-hydrogen) atoms. The number of aromatic nitrogens is 3. The van der Waals surface area contributed by atoms with Crippen LogP contribution in [0.1, 0.15) is 15.2 Å². The molecule has 0 fully saturated rings. The van der Waals surface area contributed by atoms with Crippen molar-refractivity contribution in [1.82, 2.24) is 15.2 Å². The number of hydrogen-bond donors (Lipinski definition) is 3. The quantitative estimate of drug-likeness (QED) is 0.667. The van der Waals surface area contributed by atoms with Gasteiger partial charge in [-0.05, 0) is 17.0 Å². The lowest BCUT2D eigenvalue weighted by Gasteiger charge is -1.97. The van der Waals surface area contributed by atoms with Gasteiger partial charge in [0.25, 0.3) is 5.91 Å². The third-order valence-corrected chi connectivity index (χ3v) is 4.01. The van der Waals surface area contributed by atoms with Gasteiger partial charge in [0.2, 0.25) is 11.1 Å². The number of aliphatic hydroxyl groups is 1. The molecule has 0 radical (unpaired) electrons. The van der Waals surface area contributed by atoms with E-state index in [1.807, 2.05) is 5.38 Å². The van der Waals surface area contributed by atoms with Crippen molar-refractivity contribution in [3.8, 4) is 0 Å². The predicted octanol–water partition coefficient (Wildman–Crippen LogP) is 1.35. The summed E-state index contributed by atoms with van der Waals surface area (Å²) in [5.41, 5.74) is 0.958. The molecule has 0 aliphatic carbocycles. The molecule has 0 spiro atoms. The number of aromatic amines is 1. The van der Waals surface area contributed by atoms with Crippen LogP contribution < -0.4 is 5.32 Å². The Labute approximate surface area is 123 Å². The highest BCUT2D eigenvalue weighted by atomic mass is 32.2. The van der Waals surface area contributed by atoms with Gasteiger partial charge in [-0.15, -0.1) is 16.4 Å². The van der Waals surface area contributed by atoms with Gasteiger partial charge >= 0.3 is 0 Å². The minimum Gasteiger partial charge on any atom is -0.396 e. The first-order valence-corrected chi connectivity index (χ1v) is 7.63. The van der Waals surface area contributed by atoms with Crippen molar-refractivity contribution in [2.24, 2.45) is 0 Å². The van der Waals surface area contributed by atoms with E-state index in [1.165, 1.54) is 23.1 Å². The van der Waals surface area contributed by atoms with E-state index in [0.29, 0.717) is 22.4 Å². The molecule has 0 atom stereocenters. The number of aliphatic hydroxyl groups excluding tert-OH is 1. The number of anilines is 1. The molecule has 0 aromatic carbocycles. The Balaban J connectivity index is 1.94. The molecule has 2 heterocycles. The Morgan fingerprint density at radius 2 is 2.50 bits per heavy atom. The fourth-order valence-electron chi connectivity index (χ4n) is 1.41. The number of carbonyl (C=O) groups excluding carboxylic acids is 1. The standard InChI is InChI=1S/C11H14N4O3S2/c1-18-5-7-4-8(20-6-7)9(17)12-10-13-11(15-14-10)19-3-2-16/h4,6,16H,2-3,5H2,1H3,(H2,12,13,14,15,17). The van der Waals surface area contributed by atoms with Gasteiger partial charge < -0.3 is 9.84 Å². The van der Waals surface area contributed by atoms with Crippen LogP contribution in [0.3, 0.4) is 0 Å². The number of ether oxygens (including phenoxy) is 1. The number of rotatable bonds is 7. The minimum absolute atomic E-state index is 0.0539. The molecule has 0 unspecified atom stereocenters. The Morgan fingerprint density at radius 1 is 1.65 bits per heavy atom. The summed E-state index contributed by atoms with van der Waals surface area (Å²) in [5, 5.41) is 20.3. The lowest BCUT2D eigenvalue weighted by Crippen LogP contribution is -2.11. The number of thiophene rings is 1. The van der Waals surface area contributed by atoms with Crippen molar-refractivity contribution in [2.45, 2.75) is 11.8 Å². The Kier molecular flexibility index (Phi) is 5.53. The van der Waals surface area contributed by atoms with Crippen molar-refractivity contribution in [1.29, 1.82) is 0 Å². The van der Waals surface area contributed by atoms with Crippen LogP contribution in [0.2, 0.25) is 0 Å². The zero-order valence-electron chi connectivity index (χ0n) is 10.8. The third-order valence-electron chi connectivity index (χ3n) is 2.21. The van der Waals surface area contributed by atoms with Gasteiger partial charge in [-0.25, -0.2) is 5.10 Å². The van der Waals surface area contributed by atoms with E-state index in [1.54, 1.807) is 13.2 Å². The van der Waals surface area contributed by atoms with Gasteiger partial charge in [0.15, 0.2) is 0 Å². The molecule has 3 N–H and O–H groups in total. The van der Waals surface area contributed by atoms with Gasteiger partial charge in [0, 0.05) is 12.9 Å². The van der Waals surface area contributed by atoms with Crippen molar-refractivity contribution < 1.29 is 14.6 Å². The van der Waals surface area contributed by atoms with Crippen LogP contribution in [0.5, 0.6) is 0 Å². The number of thioether (sulfide) groups is 1. The zero-order valence-corrected chi connectivity index (χ0v) is 12.4. The lowest BCUT2D eigenvalue weighted by atomic mass is 10.3. The number of nitrogens with one attached hydrogen (secondary N) is 2. The highest BCUT2D eigenvalue weighted by Crippen LogP contribution is 2.18. The van der Waals surface area contributed by atoms with Crippen LogP contribution in [0.15, 0.2) is 16.6 Å². The molecular weight excluding hydrogens is 300 g/mol. The van der Waals surface area contributed by atoms with Gasteiger partial charge in [0.05, 0.1) is 18.1 Å². The monoisotopic (exact) mass is 314 g/mol. The largest absolute Gasteiger partial charge is 0.396 e. The molecule has 0 aliphatic rings. The van der Waals surface area contributed by atoms with E-state index in [0.717, 1.165) is 5.56 Å². The predicted molar refractivity (Wildman–Crippen MR) is 77.2 cm³/mol. The zero-order chi connectivity index (χ0) is 14.4. The topological polar surface area (TPSA) is 100 Å². The first-order valence-electron chi connectivity index (χ1n) is 5.76. The van der Waals surface area contributed by atoms with E-state index < -0.39 is 0 Å². The smallest absolute Gasteiger partial charge is 0.268 e. The molecule has 0 saturated heterocycles. The van der Waals surface area contributed by atoms with Crippen molar-refractivity contribution in [3.63, 3.8) is 0 Å². The second-order valence-corrected chi connectivity index (χ2v) is 5.72. The van der Waals surface area contributed by atoms with Gasteiger partial charge in [-0.1, -0.05) is 11.8 Å². The number of amides is 1. The molecule has 7 nitrogen and oxygen atoms in total. The Hall–Kier alpha value is -1.42. The van der Waals surface area contributed by atoms with Crippen LogP contribution in [0.4, 0.5) is 5.95 Å². The molecule has 0 saturated carbocycles. The van der Waals surface area contributed by atoms with Gasteiger partial charge in [-0.2, -0.15) is 4.98 Å². The fourth-order valence-corrected chi connectivity index (χ4v) is 2.74. The molecular formula is C11H14N4O3S2. The maximum Gasteiger partial charge on any atom is 0.268 e. The summed E-state index contributed by atoms with van der Waals surface area (Å²) >= 11 is 2.65. The molecule has 1 amide bonds. The van der Waals surface area contributed by atoms with E-state index in [-0.39, 0.29) is 18.5 Å². The highest BCUT2D eigenvalue weighted by Gasteiger charge is 2.12. The molecule has 0 aliphatic heterocycles. The van der Waals surface area contributed by atoms with Gasteiger partial charge in [0.1, 0.15) is 0 Å². The average Bonchev–Trinajstić information content (AvgIpc) is 3.06. The first-order chi connectivity index (χ1) is 9.72. The summed E-state index contributed by atoms with van der Waals surface area (Å²) in [6.07, 6.45) is 0. The Morgan fingerprint density at radius 3 is 3.25 bits per heavy atom. The molecule has 9 heteroatoms. The maximum absolute atomic E-state index is 12.0. The van der Waals surface area contributed by atoms with Gasteiger partial charge in [-0.3, -0.25) is 10.1 Å². The van der Waals surface area contributed by atoms with Crippen LogP contribution in [-0.2, 0) is 11.3 Å². The second kappa shape index (κ2) is 7.39. The number of H-pyrrole nitrogens is 1. The second-order valence-electron chi connectivity index (χ2n) is 3.75. The molecule has 2 aromatic rings. The summed E-state index contributed by atoms with van der Waals surface area (Å²) < 4.78 is 5.00. The summed E-state index contributed by atoms with van der Waals surface area (Å²) in [6, 6.07) is 1.78. The fraction of sp³-hybridized carbons (Fsp3) is 0.364. The van der Waals surface area contributed by atoms with E-state index in [4.69, 9.17) is 9.84 Å². The SMILES string of the molecule is COCc1csc(C(=O)Nc2nc(SCCO)n[nH]2)c1. The number of carbonyl (C=O) groups is 1. The number of methoxy groups -OCH3 is 1. The summed E-state index contributed by atoms with van der Waals surface area (Å²) in [5.74, 6) is 0.556. The molecule has 2 aromatic heterocycles. The van der Waals surface area contributed by atoms with E-state index in [2.05, 4.69) is 20.5 Å². The van der Waals surface area contributed by atoms with Crippen molar-refractivity contribution in [2.75, 3.05) is 24.8 Å². The van der Waals surface area contributed by atoms with Crippen LogP contribution in [0.25, 0.3) is 0 Å². The molecule has 0 bridgehead atoms. The van der Waals surface area contributed by atoms with Crippen LogP contribution >= 0.6 is 23.1 Å². The summed E-state index contributed by atoms with van der Waals surface area (Å²) in [4.78, 5) is 16.6. The molecule has 2 rings (SSSR count). The normalized spacial score (nSPS) is 10.7. The average molecular weight is 314 g/mol. The van der Waals surface area contributed by atoms with Crippen molar-refractivity contribution in [3.05, 3.63) is 21.9 Å². The van der Waals surface area contributed by atoms with E-state index >= 15 is 0 Å². The third kappa shape index (κ3) is 4.04. The number of nitrogens with zero attached hydrogens (tertiary/aromatic N) is 2. The minimum atomic E-state index is -0.243. The van der Waals surface area contributed by atoms with E-state index in [9.17, 15) is 4.79 Å². The summed E-state index contributed by atoms with van der Waals surface area (Å²) in [6.45, 7) is 0.534. The van der Waals surface area contributed by atoms with Crippen LogP contribution in [-0.4, -0.2) is 45.7 Å². The van der Waals surface area contributed by atoms with Crippen LogP contribution in [0, 0.1) is 0 Å². The maximum atomic E-state index is 12.0. The Bertz CT molecular complexity index is 570. The molecule has 108 valence electrons. The van der Waals surface area contributed by atoms with Crippen molar-refractivity contribution >= 4 is 35.0 Å². The lowest BCUT2D eigenvalue weighted by molar-refractivity contribution is 0.102.